The number of likely N-dealkylation sites (N-methyl/N-ethyl adjacent to an activating group) is 1. The van der Waals surface area contributed by atoms with Gasteiger partial charge in [0.2, 0.25) is 0 Å². The zero-order valence-electron chi connectivity index (χ0n) is 11.2. The normalized spacial score (nSPS) is 16.4. The van der Waals surface area contributed by atoms with Crippen LogP contribution in [-0.4, -0.2) is 47.3 Å². The summed E-state index contributed by atoms with van der Waals surface area (Å²) in [4.78, 5) is 10.9. The van der Waals surface area contributed by atoms with Crippen molar-refractivity contribution in [1.29, 1.82) is 0 Å². The highest BCUT2D eigenvalue weighted by atomic mass is 32.2. The quantitative estimate of drug-likeness (QED) is 0.633. The summed E-state index contributed by atoms with van der Waals surface area (Å²) < 4.78 is 0. The van der Waals surface area contributed by atoms with E-state index in [4.69, 9.17) is 0 Å². The molecule has 1 aliphatic rings. The van der Waals surface area contributed by atoms with Crippen molar-refractivity contribution in [3.63, 3.8) is 0 Å². The van der Waals surface area contributed by atoms with E-state index in [-0.39, 0.29) is 0 Å². The van der Waals surface area contributed by atoms with Gasteiger partial charge in [0, 0.05) is 25.2 Å². The summed E-state index contributed by atoms with van der Waals surface area (Å²) in [6.07, 6.45) is 9.16. The second-order valence-electron chi connectivity index (χ2n) is 4.79. The van der Waals surface area contributed by atoms with E-state index in [1.54, 1.807) is 18.1 Å². The number of hydrogen-bond acceptors (Lipinski definition) is 5. The molecule has 4 nitrogen and oxygen atoms in total. The summed E-state index contributed by atoms with van der Waals surface area (Å²) in [6, 6.07) is 2.79. The Labute approximate surface area is 114 Å². The van der Waals surface area contributed by atoms with Crippen molar-refractivity contribution in [3.05, 3.63) is 12.4 Å². The molecule has 1 aliphatic carbocycles. The zero-order chi connectivity index (χ0) is 12.8. The van der Waals surface area contributed by atoms with Crippen LogP contribution < -0.4 is 5.32 Å². The fraction of sp³-hybridized carbons (Fsp3) is 0.692. The average molecular weight is 266 g/mol. The van der Waals surface area contributed by atoms with Gasteiger partial charge in [0.05, 0.1) is 0 Å². The zero-order valence-corrected chi connectivity index (χ0v) is 12.0. The Bertz CT molecular complexity index is 366. The van der Waals surface area contributed by atoms with Crippen LogP contribution in [0.3, 0.4) is 0 Å². The van der Waals surface area contributed by atoms with Gasteiger partial charge in [0.1, 0.15) is 17.2 Å². The molecule has 1 fully saturated rings. The first-order valence-electron chi connectivity index (χ1n) is 6.60. The molecule has 0 radical (unpaired) electrons. The van der Waals surface area contributed by atoms with Crippen LogP contribution in [0, 0.1) is 0 Å². The van der Waals surface area contributed by atoms with Crippen LogP contribution in [0.5, 0.6) is 0 Å². The van der Waals surface area contributed by atoms with Crippen molar-refractivity contribution >= 4 is 17.6 Å². The molecule has 100 valence electrons. The number of hydrogen-bond donors (Lipinski definition) is 1. The molecule has 5 heteroatoms. The van der Waals surface area contributed by atoms with Gasteiger partial charge in [0.15, 0.2) is 0 Å². The Morgan fingerprint density at radius 2 is 2.17 bits per heavy atom. The number of thioether (sulfide) groups is 1. The van der Waals surface area contributed by atoms with Gasteiger partial charge in [-0.25, -0.2) is 9.97 Å². The maximum atomic E-state index is 4.23. The van der Waals surface area contributed by atoms with Crippen molar-refractivity contribution in [1.82, 2.24) is 14.9 Å². The molecule has 0 bridgehead atoms. The van der Waals surface area contributed by atoms with Crippen LogP contribution in [-0.2, 0) is 0 Å². The van der Waals surface area contributed by atoms with Crippen molar-refractivity contribution in [3.8, 4) is 0 Å². The van der Waals surface area contributed by atoms with Crippen LogP contribution in [0.2, 0.25) is 0 Å². The average Bonchev–Trinajstić information content (AvgIpc) is 2.93. The fourth-order valence-electron chi connectivity index (χ4n) is 2.44. The fourth-order valence-corrected chi connectivity index (χ4v) is 2.82. The first-order valence-corrected chi connectivity index (χ1v) is 7.82. The van der Waals surface area contributed by atoms with Gasteiger partial charge in [-0.1, -0.05) is 12.8 Å². The molecular formula is C13H22N4S. The minimum absolute atomic E-state index is 0.791. The van der Waals surface area contributed by atoms with Gasteiger partial charge in [0.25, 0.3) is 0 Å². The summed E-state index contributed by atoms with van der Waals surface area (Å²) in [5.41, 5.74) is 0. The van der Waals surface area contributed by atoms with Crippen LogP contribution in [0.1, 0.15) is 25.7 Å². The summed E-state index contributed by atoms with van der Waals surface area (Å²) in [6.45, 7) is 2.01. The summed E-state index contributed by atoms with van der Waals surface area (Å²) in [5, 5.41) is 4.38. The molecule has 0 unspecified atom stereocenters. The first-order chi connectivity index (χ1) is 8.79. The van der Waals surface area contributed by atoms with Gasteiger partial charge in [-0.15, -0.1) is 11.8 Å². The number of anilines is 1. The topological polar surface area (TPSA) is 41.0 Å². The standard InChI is InChI=1S/C13H22N4S/c1-17(11-5-3-4-6-11)8-7-14-12-9-13(18-2)16-10-15-12/h9-11H,3-8H2,1-2H3,(H,14,15,16). The van der Waals surface area contributed by atoms with Crippen LogP contribution in [0.4, 0.5) is 5.82 Å². The van der Waals surface area contributed by atoms with Gasteiger partial charge < -0.3 is 10.2 Å². The molecule has 0 saturated heterocycles. The van der Waals surface area contributed by atoms with E-state index in [1.165, 1.54) is 25.7 Å². The third kappa shape index (κ3) is 3.85. The maximum Gasteiger partial charge on any atom is 0.130 e. The van der Waals surface area contributed by atoms with Crippen LogP contribution in [0.25, 0.3) is 0 Å². The number of nitrogens with zero attached hydrogens (tertiary/aromatic N) is 3. The van der Waals surface area contributed by atoms with Crippen LogP contribution in [0.15, 0.2) is 17.4 Å². The molecule has 0 aliphatic heterocycles. The lowest BCUT2D eigenvalue weighted by Crippen LogP contribution is -2.33. The first kappa shape index (κ1) is 13.6. The SMILES string of the molecule is CSc1cc(NCCN(C)C2CCCC2)ncn1. The molecule has 2 rings (SSSR count). The number of aromatic nitrogens is 2. The van der Waals surface area contributed by atoms with Crippen molar-refractivity contribution in [2.45, 2.75) is 36.8 Å². The second kappa shape index (κ2) is 6.95. The molecule has 18 heavy (non-hydrogen) atoms. The molecule has 1 saturated carbocycles. The molecule has 1 aromatic rings. The molecular weight excluding hydrogens is 244 g/mol. The molecule has 0 amide bonds. The second-order valence-corrected chi connectivity index (χ2v) is 5.62. The molecule has 1 N–H and O–H groups in total. The van der Waals surface area contributed by atoms with E-state index in [0.717, 1.165) is 30.0 Å². The largest absolute Gasteiger partial charge is 0.369 e. The van der Waals surface area contributed by atoms with Crippen LogP contribution >= 0.6 is 11.8 Å². The summed E-state index contributed by atoms with van der Waals surface area (Å²) >= 11 is 1.64. The molecule has 0 atom stereocenters. The summed E-state index contributed by atoms with van der Waals surface area (Å²) in [7, 11) is 2.23. The molecule has 1 aromatic heterocycles. The van der Waals surface area contributed by atoms with Gasteiger partial charge in [-0.3, -0.25) is 0 Å². The lowest BCUT2D eigenvalue weighted by molar-refractivity contribution is 0.254. The van der Waals surface area contributed by atoms with Crippen molar-refractivity contribution in [2.75, 3.05) is 31.7 Å². The smallest absolute Gasteiger partial charge is 0.130 e. The lowest BCUT2D eigenvalue weighted by atomic mass is 10.2. The van der Waals surface area contributed by atoms with E-state index in [9.17, 15) is 0 Å². The monoisotopic (exact) mass is 266 g/mol. The number of nitrogens with one attached hydrogen (secondary N) is 1. The van der Waals surface area contributed by atoms with E-state index >= 15 is 0 Å². The highest BCUT2D eigenvalue weighted by molar-refractivity contribution is 7.98. The van der Waals surface area contributed by atoms with E-state index < -0.39 is 0 Å². The highest BCUT2D eigenvalue weighted by Gasteiger charge is 2.18. The minimum atomic E-state index is 0.791. The van der Waals surface area contributed by atoms with E-state index in [2.05, 4.69) is 27.2 Å². The minimum Gasteiger partial charge on any atom is -0.369 e. The van der Waals surface area contributed by atoms with E-state index in [0.29, 0.717) is 0 Å². The van der Waals surface area contributed by atoms with Crippen molar-refractivity contribution in [2.24, 2.45) is 0 Å². The molecule has 0 spiro atoms. The van der Waals surface area contributed by atoms with Gasteiger partial charge in [-0.05, 0) is 26.1 Å². The predicted octanol–water partition coefficient (Wildman–Crippen LogP) is 2.48. The lowest BCUT2D eigenvalue weighted by Gasteiger charge is -2.24. The summed E-state index contributed by atoms with van der Waals surface area (Å²) in [5.74, 6) is 0.925. The Kier molecular flexibility index (Phi) is 5.26. The highest BCUT2D eigenvalue weighted by Crippen LogP contribution is 2.22. The third-order valence-corrected chi connectivity index (χ3v) is 4.21. The maximum absolute atomic E-state index is 4.23. The molecule has 1 heterocycles. The Balaban J connectivity index is 1.73. The van der Waals surface area contributed by atoms with E-state index in [1.807, 2.05) is 12.3 Å². The molecule has 0 aromatic carbocycles. The predicted molar refractivity (Wildman–Crippen MR) is 77.2 cm³/mol. The van der Waals surface area contributed by atoms with Gasteiger partial charge >= 0.3 is 0 Å². The Morgan fingerprint density at radius 3 is 2.89 bits per heavy atom. The van der Waals surface area contributed by atoms with Crippen molar-refractivity contribution < 1.29 is 0 Å². The Hall–Kier alpha value is -0.810. The third-order valence-electron chi connectivity index (χ3n) is 3.57. The Morgan fingerprint density at radius 1 is 1.39 bits per heavy atom. The number of rotatable bonds is 6. The van der Waals surface area contributed by atoms with Gasteiger partial charge in [-0.2, -0.15) is 0 Å².